The van der Waals surface area contributed by atoms with Crippen molar-refractivity contribution in [2.45, 2.75) is 38.7 Å². The molecule has 0 radical (unpaired) electrons. The molecule has 1 amide bonds. The van der Waals surface area contributed by atoms with E-state index in [-0.39, 0.29) is 18.9 Å². The Morgan fingerprint density at radius 2 is 1.46 bits per heavy atom. The third-order valence-electron chi connectivity index (χ3n) is 8.31. The standard InChI is InChI=1S/C25H23F4N7O.C10H11N3/c26-20-10-16(12-32-23(20)35-7-1-2-8-35)13-36-14-19(21(34-36)25(27,28)29)24(37)33-11-15-3-4-18-17(9-15)5-6-31-22(18)30;11-6-7-1-2-9-8(5-7)3-4-13-10(9)12/h3-6,9-10,12,14H,1-2,7-8,11,13H2,(H2,30,31)(H,33,37);1-5H,6,11H2,(H2,12,13). The lowest BCUT2D eigenvalue weighted by Crippen LogP contribution is -2.25. The molecule has 0 bridgehead atoms. The minimum Gasteiger partial charge on any atom is -0.383 e. The monoisotopic (exact) mass is 686 g/mol. The summed E-state index contributed by atoms with van der Waals surface area (Å²) in [5.74, 6) is -0.322. The average Bonchev–Trinajstić information content (AvgIpc) is 3.79. The fraction of sp³-hybridized carbons (Fsp3) is 0.229. The van der Waals surface area contributed by atoms with Crippen molar-refractivity contribution in [3.8, 4) is 0 Å². The molecule has 11 nitrogen and oxygen atoms in total. The second-order valence-electron chi connectivity index (χ2n) is 11.8. The molecule has 0 unspecified atom stereocenters. The summed E-state index contributed by atoms with van der Waals surface area (Å²) in [7, 11) is 0. The Morgan fingerprint density at radius 1 is 0.840 bits per heavy atom. The van der Waals surface area contributed by atoms with Crippen LogP contribution in [0.3, 0.4) is 0 Å². The van der Waals surface area contributed by atoms with E-state index in [1.54, 1.807) is 36.7 Å². The van der Waals surface area contributed by atoms with Crippen LogP contribution in [-0.2, 0) is 25.8 Å². The maximum Gasteiger partial charge on any atom is 0.435 e. The van der Waals surface area contributed by atoms with Crippen molar-refractivity contribution in [1.29, 1.82) is 0 Å². The van der Waals surface area contributed by atoms with Crippen LogP contribution in [-0.4, -0.2) is 43.7 Å². The summed E-state index contributed by atoms with van der Waals surface area (Å²) >= 11 is 0. The fourth-order valence-corrected chi connectivity index (χ4v) is 5.80. The van der Waals surface area contributed by atoms with Gasteiger partial charge in [-0.1, -0.05) is 24.3 Å². The molecule has 1 aliphatic rings. The maximum absolute atomic E-state index is 14.6. The number of pyridine rings is 3. The third kappa shape index (κ3) is 7.57. The molecule has 7 N–H and O–H groups in total. The maximum atomic E-state index is 14.6. The van der Waals surface area contributed by atoms with E-state index in [2.05, 4.69) is 25.4 Å². The number of hydrogen-bond donors (Lipinski definition) is 4. The van der Waals surface area contributed by atoms with Gasteiger partial charge < -0.3 is 27.4 Å². The van der Waals surface area contributed by atoms with Crippen molar-refractivity contribution in [3.63, 3.8) is 0 Å². The van der Waals surface area contributed by atoms with Crippen LogP contribution in [0.2, 0.25) is 0 Å². The molecule has 0 saturated carbocycles. The van der Waals surface area contributed by atoms with E-state index in [4.69, 9.17) is 17.2 Å². The number of carbonyl (C=O) groups excluding carboxylic acids is 1. The Kier molecular flexibility index (Phi) is 9.76. The number of anilines is 3. The first-order valence-corrected chi connectivity index (χ1v) is 15.8. The van der Waals surface area contributed by atoms with Gasteiger partial charge in [-0.25, -0.2) is 19.3 Å². The average molecular weight is 687 g/mol. The zero-order chi connectivity index (χ0) is 35.4. The molecule has 258 valence electrons. The number of nitrogens with one attached hydrogen (secondary N) is 1. The van der Waals surface area contributed by atoms with Crippen LogP contribution >= 0.6 is 0 Å². The molecule has 0 spiro atoms. The van der Waals surface area contributed by atoms with Gasteiger partial charge in [-0.05, 0) is 70.6 Å². The highest BCUT2D eigenvalue weighted by atomic mass is 19.4. The number of nitrogens with two attached hydrogens (primary N) is 3. The summed E-state index contributed by atoms with van der Waals surface area (Å²) in [6.45, 7) is 1.78. The predicted molar refractivity (Wildman–Crippen MR) is 183 cm³/mol. The second kappa shape index (κ2) is 14.3. The van der Waals surface area contributed by atoms with Gasteiger partial charge in [0.15, 0.2) is 17.3 Å². The van der Waals surface area contributed by atoms with Crippen LogP contribution in [0, 0.1) is 5.82 Å². The van der Waals surface area contributed by atoms with E-state index in [9.17, 15) is 22.4 Å². The highest BCUT2D eigenvalue weighted by molar-refractivity contribution is 5.95. The molecule has 6 aromatic rings. The van der Waals surface area contributed by atoms with Crippen LogP contribution in [0.5, 0.6) is 0 Å². The molecule has 1 aliphatic heterocycles. The molecule has 50 heavy (non-hydrogen) atoms. The normalized spacial score (nSPS) is 13.0. The summed E-state index contributed by atoms with van der Waals surface area (Å²) in [6.07, 6.45) is 2.73. The lowest BCUT2D eigenvalue weighted by Gasteiger charge is -2.17. The predicted octanol–water partition coefficient (Wildman–Crippen LogP) is 5.42. The van der Waals surface area contributed by atoms with Crippen molar-refractivity contribution in [2.24, 2.45) is 5.73 Å². The Labute approximate surface area is 284 Å². The number of aromatic nitrogens is 5. The SMILES string of the molecule is NCc1ccc2c(N)nccc2c1.Nc1nccc2cc(CNC(=O)c3cn(Cc4cnc(N5CCCC5)c(F)c4)nc3C(F)(F)F)ccc12. The summed E-state index contributed by atoms with van der Waals surface area (Å²) in [4.78, 5) is 26.7. The molecule has 5 heterocycles. The van der Waals surface area contributed by atoms with Crippen LogP contribution < -0.4 is 27.4 Å². The topological polar surface area (TPSA) is 167 Å². The fourth-order valence-electron chi connectivity index (χ4n) is 5.80. The molecule has 15 heteroatoms. The van der Waals surface area contributed by atoms with E-state index < -0.39 is 29.2 Å². The van der Waals surface area contributed by atoms with E-state index in [1.165, 1.54) is 12.3 Å². The number of nitrogen functional groups attached to an aromatic ring is 2. The van der Waals surface area contributed by atoms with Crippen LogP contribution in [0.4, 0.5) is 35.0 Å². The Bertz CT molecular complexity index is 2160. The molecule has 1 fully saturated rings. The zero-order valence-electron chi connectivity index (χ0n) is 26.8. The first kappa shape index (κ1) is 34.0. The lowest BCUT2D eigenvalue weighted by atomic mass is 10.1. The molecular formula is C35H34F4N10O. The highest BCUT2D eigenvalue weighted by Gasteiger charge is 2.39. The lowest BCUT2D eigenvalue weighted by molar-refractivity contribution is -0.141. The largest absolute Gasteiger partial charge is 0.435 e. The molecule has 0 atom stereocenters. The summed E-state index contributed by atoms with van der Waals surface area (Å²) in [6, 6.07) is 16.1. The number of halogens is 4. The van der Waals surface area contributed by atoms with Gasteiger partial charge in [0.1, 0.15) is 11.6 Å². The van der Waals surface area contributed by atoms with E-state index in [1.807, 2.05) is 29.2 Å². The van der Waals surface area contributed by atoms with Gasteiger partial charge in [0.25, 0.3) is 5.91 Å². The smallest absolute Gasteiger partial charge is 0.383 e. The number of carbonyl (C=O) groups is 1. The molecule has 2 aromatic carbocycles. The van der Waals surface area contributed by atoms with Gasteiger partial charge in [-0.3, -0.25) is 9.48 Å². The Hall–Kier alpha value is -5.83. The molecule has 1 saturated heterocycles. The van der Waals surface area contributed by atoms with Crippen molar-refractivity contribution in [3.05, 3.63) is 113 Å². The minimum absolute atomic E-state index is 0.00737. The van der Waals surface area contributed by atoms with Gasteiger partial charge in [0.05, 0.1) is 12.1 Å². The van der Waals surface area contributed by atoms with Crippen molar-refractivity contribution in [2.75, 3.05) is 29.5 Å². The van der Waals surface area contributed by atoms with Crippen LogP contribution in [0.1, 0.15) is 45.6 Å². The summed E-state index contributed by atoms with van der Waals surface area (Å²) in [5, 5.41) is 9.70. The van der Waals surface area contributed by atoms with Gasteiger partial charge in [0.2, 0.25) is 0 Å². The van der Waals surface area contributed by atoms with Gasteiger partial charge >= 0.3 is 6.18 Å². The number of amides is 1. The Balaban J connectivity index is 0.000000278. The molecule has 4 aromatic heterocycles. The summed E-state index contributed by atoms with van der Waals surface area (Å²) in [5.41, 5.74) is 17.3. The van der Waals surface area contributed by atoms with Crippen molar-refractivity contribution < 1.29 is 22.4 Å². The second-order valence-corrected chi connectivity index (χ2v) is 11.8. The quantitative estimate of drug-likeness (QED) is 0.160. The van der Waals surface area contributed by atoms with E-state index in [0.29, 0.717) is 42.4 Å². The first-order valence-electron chi connectivity index (χ1n) is 15.8. The van der Waals surface area contributed by atoms with Crippen LogP contribution in [0.25, 0.3) is 21.5 Å². The number of fused-ring (bicyclic) bond motifs is 2. The zero-order valence-corrected chi connectivity index (χ0v) is 26.8. The van der Waals surface area contributed by atoms with Gasteiger partial charge in [-0.15, -0.1) is 0 Å². The number of nitrogens with zero attached hydrogens (tertiary/aromatic N) is 6. The minimum atomic E-state index is -4.85. The van der Waals surface area contributed by atoms with Gasteiger partial charge in [-0.2, -0.15) is 18.3 Å². The number of benzene rings is 2. The van der Waals surface area contributed by atoms with Crippen molar-refractivity contribution >= 4 is 44.9 Å². The molecular weight excluding hydrogens is 652 g/mol. The van der Waals surface area contributed by atoms with E-state index >= 15 is 0 Å². The Morgan fingerprint density at radius 3 is 2.06 bits per heavy atom. The highest BCUT2D eigenvalue weighted by Crippen LogP contribution is 2.31. The third-order valence-corrected chi connectivity index (χ3v) is 8.31. The number of alkyl halides is 3. The summed E-state index contributed by atoms with van der Waals surface area (Å²) < 4.78 is 56.6. The molecule has 7 rings (SSSR count). The molecule has 0 aliphatic carbocycles. The van der Waals surface area contributed by atoms with Crippen molar-refractivity contribution in [1.82, 2.24) is 30.0 Å². The first-order chi connectivity index (χ1) is 24.0. The number of rotatable bonds is 7. The van der Waals surface area contributed by atoms with Gasteiger partial charge in [0, 0.05) is 61.7 Å². The van der Waals surface area contributed by atoms with E-state index in [0.717, 1.165) is 50.8 Å². The number of hydrogen-bond acceptors (Lipinski definition) is 9. The van der Waals surface area contributed by atoms with Crippen LogP contribution in [0.15, 0.2) is 79.4 Å².